The van der Waals surface area contributed by atoms with Gasteiger partial charge in [-0.2, -0.15) is 4.99 Å². The molecule has 0 fully saturated rings. The Hall–Kier alpha value is -3.28. The first-order valence-corrected chi connectivity index (χ1v) is 9.06. The third kappa shape index (κ3) is 3.46. The zero-order valence-corrected chi connectivity index (χ0v) is 16.1. The van der Waals surface area contributed by atoms with E-state index in [1.54, 1.807) is 30.6 Å². The Morgan fingerprint density at radius 3 is 2.62 bits per heavy atom. The molecule has 1 unspecified atom stereocenters. The molecule has 2 heterocycles. The number of amidine groups is 1. The molecule has 6 heteroatoms. The van der Waals surface area contributed by atoms with Crippen molar-refractivity contribution in [3.05, 3.63) is 113 Å². The number of quaternary nitrogens is 1. The zero-order chi connectivity index (χ0) is 18.9. The van der Waals surface area contributed by atoms with Crippen LogP contribution in [0.4, 0.5) is 4.39 Å². The van der Waals surface area contributed by atoms with Gasteiger partial charge in [-0.05, 0) is 17.7 Å². The summed E-state index contributed by atoms with van der Waals surface area (Å²) in [6, 6.07) is 14.9. The van der Waals surface area contributed by atoms with Crippen LogP contribution >= 0.6 is 0 Å². The Morgan fingerprint density at radius 1 is 1.03 bits per heavy atom. The highest BCUT2D eigenvalue weighted by Crippen LogP contribution is 2.27. The second kappa shape index (κ2) is 7.99. The standard InChI is InChI=1S/C23H16FN3O.ClH/c24-21-18(10-5-11-20(21)28-15-16-6-2-1-3-7-16)23-26-22(17-8-4-9-17)19-14-25-12-13-27(19)23;/h1-14H,15H2;1H. The average Bonchev–Trinajstić information content (AvgIpc) is 3.06. The van der Waals surface area contributed by atoms with Gasteiger partial charge in [-0.3, -0.25) is 4.99 Å². The monoisotopic (exact) mass is 405 g/mol. The molecule has 5 rings (SSSR count). The lowest BCUT2D eigenvalue weighted by Crippen LogP contribution is -3.08. The van der Waals surface area contributed by atoms with Crippen LogP contribution in [0.3, 0.4) is 0 Å². The molecule has 4 nitrogen and oxygen atoms in total. The molecule has 1 aliphatic carbocycles. The second-order valence-electron chi connectivity index (χ2n) is 6.60. The van der Waals surface area contributed by atoms with E-state index in [1.165, 1.54) is 0 Å². The molecule has 29 heavy (non-hydrogen) atoms. The maximum atomic E-state index is 15.3. The summed E-state index contributed by atoms with van der Waals surface area (Å²) in [7, 11) is 0. The van der Waals surface area contributed by atoms with Gasteiger partial charge >= 0.3 is 0 Å². The molecule has 0 spiro atoms. The third-order valence-corrected chi connectivity index (χ3v) is 4.84. The average molecular weight is 406 g/mol. The Bertz CT molecular complexity index is 1130. The van der Waals surface area contributed by atoms with Crippen LogP contribution in [0, 0.1) is 5.82 Å². The molecule has 0 radical (unpaired) electrons. The van der Waals surface area contributed by atoms with E-state index in [0.29, 0.717) is 18.0 Å². The Balaban J connectivity index is 0.00000205. The molecule has 3 aliphatic rings. The number of rotatable bonds is 5. The van der Waals surface area contributed by atoms with Crippen LogP contribution in [-0.4, -0.2) is 12.1 Å². The molecule has 2 aromatic rings. The van der Waals surface area contributed by atoms with E-state index in [1.807, 2.05) is 54.8 Å². The largest absolute Gasteiger partial charge is 1.00 e. The number of fused-ring (bicyclic) bond motifs is 1. The molecule has 1 N–H and O–H groups in total. The predicted molar refractivity (Wildman–Crippen MR) is 107 cm³/mol. The van der Waals surface area contributed by atoms with E-state index in [4.69, 9.17) is 9.73 Å². The quantitative estimate of drug-likeness (QED) is 0.764. The lowest BCUT2D eigenvalue weighted by Gasteiger charge is -2.15. The fourth-order valence-electron chi connectivity index (χ4n) is 3.34. The number of halogens is 2. The van der Waals surface area contributed by atoms with E-state index in [0.717, 1.165) is 27.4 Å². The first-order valence-electron chi connectivity index (χ1n) is 9.06. The third-order valence-electron chi connectivity index (χ3n) is 4.84. The number of hydrogen-bond donors (Lipinski definition) is 1. The van der Waals surface area contributed by atoms with E-state index in [-0.39, 0.29) is 18.2 Å². The topological polar surface area (TPSA) is 38.4 Å². The van der Waals surface area contributed by atoms with Crippen molar-refractivity contribution < 1.29 is 26.4 Å². The van der Waals surface area contributed by atoms with Gasteiger partial charge in [0.15, 0.2) is 17.3 Å². The van der Waals surface area contributed by atoms with Gasteiger partial charge in [0.2, 0.25) is 5.84 Å². The molecule has 0 saturated heterocycles. The fraction of sp³-hybridized carbons (Fsp3) is 0.0435. The second-order valence-corrected chi connectivity index (χ2v) is 6.60. The summed E-state index contributed by atoms with van der Waals surface area (Å²) in [6.07, 6.45) is 11.3. The highest BCUT2D eigenvalue weighted by Gasteiger charge is 2.36. The molecule has 0 aromatic heterocycles. The van der Waals surface area contributed by atoms with Crippen LogP contribution in [0.1, 0.15) is 11.1 Å². The molecule has 2 aliphatic heterocycles. The van der Waals surface area contributed by atoms with Gasteiger partial charge in [-0.25, -0.2) is 9.29 Å². The van der Waals surface area contributed by atoms with Crippen LogP contribution < -0.4 is 22.0 Å². The maximum absolute atomic E-state index is 15.3. The number of hydrogen-bond acceptors (Lipinski definition) is 3. The van der Waals surface area contributed by atoms with Crippen molar-refractivity contribution in [1.82, 2.24) is 0 Å². The van der Waals surface area contributed by atoms with E-state index in [9.17, 15) is 0 Å². The summed E-state index contributed by atoms with van der Waals surface area (Å²) in [5, 5.41) is 0. The number of allylic oxidation sites excluding steroid dienone is 4. The first kappa shape index (κ1) is 19.1. The number of benzene rings is 2. The van der Waals surface area contributed by atoms with Crippen molar-refractivity contribution >= 4 is 12.1 Å². The van der Waals surface area contributed by atoms with Gasteiger partial charge in [-0.1, -0.05) is 54.6 Å². The highest BCUT2D eigenvalue weighted by atomic mass is 35.5. The minimum absolute atomic E-state index is 0. The lowest BCUT2D eigenvalue weighted by molar-refractivity contribution is -0.689. The molecule has 144 valence electrons. The summed E-state index contributed by atoms with van der Waals surface area (Å²) >= 11 is 0. The zero-order valence-electron chi connectivity index (χ0n) is 15.3. The predicted octanol–water partition coefficient (Wildman–Crippen LogP) is 0.317. The van der Waals surface area contributed by atoms with Gasteiger partial charge in [0.05, 0.1) is 18.0 Å². The van der Waals surface area contributed by atoms with Crippen molar-refractivity contribution in [3.63, 3.8) is 0 Å². The van der Waals surface area contributed by atoms with Crippen molar-refractivity contribution in [2.75, 3.05) is 0 Å². The summed E-state index contributed by atoms with van der Waals surface area (Å²) in [5.41, 5.74) is 4.19. The fourth-order valence-corrected chi connectivity index (χ4v) is 3.34. The van der Waals surface area contributed by atoms with Gasteiger partial charge in [-0.15, -0.1) is 0 Å². The van der Waals surface area contributed by atoms with Crippen molar-refractivity contribution in [2.45, 2.75) is 6.61 Å². The SMILES string of the molecule is Fc1c(OCc2ccccc2)cccc1C1=NC(C2=CC=C2)=C2C=NC=C[NH+]12.[Cl-]. The van der Waals surface area contributed by atoms with E-state index >= 15 is 4.39 Å². The van der Waals surface area contributed by atoms with Crippen LogP contribution in [0.2, 0.25) is 0 Å². The van der Waals surface area contributed by atoms with Crippen LogP contribution in [0.25, 0.3) is 0 Å². The van der Waals surface area contributed by atoms with Gasteiger partial charge in [0, 0.05) is 5.57 Å². The molecule has 1 atom stereocenters. The molecule has 0 saturated carbocycles. The molecule has 0 bridgehead atoms. The minimum atomic E-state index is -0.403. The minimum Gasteiger partial charge on any atom is -1.00 e. The highest BCUT2D eigenvalue weighted by molar-refractivity contribution is 6.00. The Kier molecular flexibility index (Phi) is 5.25. The smallest absolute Gasteiger partial charge is 0.247 e. The summed E-state index contributed by atoms with van der Waals surface area (Å²) < 4.78 is 21.0. The maximum Gasteiger partial charge on any atom is 0.247 e. The molecular formula is C23H17ClFN3O. The van der Waals surface area contributed by atoms with Crippen molar-refractivity contribution in [1.29, 1.82) is 0 Å². The van der Waals surface area contributed by atoms with Crippen LogP contribution in [0.5, 0.6) is 5.75 Å². The number of nitrogens with zero attached hydrogens (tertiary/aromatic N) is 2. The normalized spacial score (nSPS) is 18.6. The first-order chi connectivity index (χ1) is 13.8. The molecular weight excluding hydrogens is 389 g/mol. The van der Waals surface area contributed by atoms with Gasteiger partial charge in [0.25, 0.3) is 0 Å². The summed E-state index contributed by atoms with van der Waals surface area (Å²) in [6.45, 7) is 0.309. The van der Waals surface area contributed by atoms with Gasteiger partial charge < -0.3 is 17.1 Å². The van der Waals surface area contributed by atoms with E-state index in [2.05, 4.69) is 4.99 Å². The summed E-state index contributed by atoms with van der Waals surface area (Å²) in [4.78, 5) is 9.84. The summed E-state index contributed by atoms with van der Waals surface area (Å²) in [5.74, 6) is 0.423. The van der Waals surface area contributed by atoms with Gasteiger partial charge in [0.1, 0.15) is 18.5 Å². The number of nitrogens with one attached hydrogen (secondary N) is 1. The lowest BCUT2D eigenvalue weighted by atomic mass is 10.0. The van der Waals surface area contributed by atoms with Crippen LogP contribution in [0.15, 0.2) is 106 Å². The van der Waals surface area contributed by atoms with Crippen molar-refractivity contribution in [3.8, 4) is 5.75 Å². The molecule has 2 aromatic carbocycles. The van der Waals surface area contributed by atoms with Crippen LogP contribution in [-0.2, 0) is 6.61 Å². The van der Waals surface area contributed by atoms with Crippen molar-refractivity contribution in [2.24, 2.45) is 9.98 Å². The Labute approximate surface area is 174 Å². The molecule has 0 amide bonds. The Morgan fingerprint density at radius 2 is 1.86 bits per heavy atom. The number of aliphatic imine (C=N–C) groups is 2. The number of ether oxygens (including phenoxy) is 1. The van der Waals surface area contributed by atoms with E-state index < -0.39 is 5.82 Å².